The summed E-state index contributed by atoms with van der Waals surface area (Å²) in [6.07, 6.45) is 4.46. The number of aliphatic hydroxyl groups excluding tert-OH is 1. The van der Waals surface area contributed by atoms with E-state index in [1.165, 1.54) is 0 Å². The van der Waals surface area contributed by atoms with E-state index >= 15 is 0 Å². The first kappa shape index (κ1) is 30.2. The Hall–Kier alpha value is -1.72. The van der Waals surface area contributed by atoms with Crippen molar-refractivity contribution >= 4 is 28.8 Å². The molecule has 1 heterocycles. The summed E-state index contributed by atoms with van der Waals surface area (Å²) in [7, 11) is 1.70. The zero-order valence-electron chi connectivity index (χ0n) is 23.4. The van der Waals surface area contributed by atoms with Gasteiger partial charge in [0.05, 0.1) is 11.7 Å². The topological polar surface area (TPSA) is 91.3 Å². The van der Waals surface area contributed by atoms with Gasteiger partial charge in [-0.3, -0.25) is 8.32 Å². The molecule has 1 unspecified atom stereocenters. The molecule has 4 rings (SSSR count). The van der Waals surface area contributed by atoms with Gasteiger partial charge in [0.2, 0.25) is 5.91 Å². The highest BCUT2D eigenvalue weighted by atomic mass is 127. The van der Waals surface area contributed by atoms with E-state index in [0.29, 0.717) is 44.7 Å². The van der Waals surface area contributed by atoms with Crippen molar-refractivity contribution in [3.05, 3.63) is 59.2 Å². The number of para-hydroxylation sites is 2. The molecule has 39 heavy (non-hydrogen) atoms. The fraction of sp³-hybridized carbons (Fsp3) is 0.581. The van der Waals surface area contributed by atoms with Crippen LogP contribution >= 0.6 is 22.9 Å². The molecule has 1 aliphatic heterocycles. The van der Waals surface area contributed by atoms with Crippen LogP contribution in [0.4, 0.5) is 0 Å². The van der Waals surface area contributed by atoms with Crippen LogP contribution in [0.25, 0.3) is 0 Å². The molecule has 7 nitrogen and oxygen atoms in total. The predicted molar refractivity (Wildman–Crippen MR) is 161 cm³/mol. The van der Waals surface area contributed by atoms with E-state index in [1.54, 1.807) is 7.11 Å². The third-order valence-electron chi connectivity index (χ3n) is 8.56. The first-order valence-electron chi connectivity index (χ1n) is 14.2. The largest absolute Gasteiger partial charge is 0.456 e. The second-order valence-corrected chi connectivity index (χ2v) is 11.9. The van der Waals surface area contributed by atoms with Crippen LogP contribution in [0.5, 0.6) is 11.5 Å². The SMILES string of the molecule is COCCCC[C@@](O)(c1ccccc1Oc1c(C)cccc1C)[C@@H]1CCCN(C(=O)[C@H]2CC(NI)[C@@H](O)C2)C1. The average molecular weight is 651 g/mol. The molecule has 0 radical (unpaired) electrons. The van der Waals surface area contributed by atoms with E-state index in [0.717, 1.165) is 48.1 Å². The summed E-state index contributed by atoms with van der Waals surface area (Å²) in [6, 6.07) is 13.8. The van der Waals surface area contributed by atoms with Gasteiger partial charge in [0.15, 0.2) is 0 Å². The molecule has 0 aromatic heterocycles. The number of hydrogen-bond donors (Lipinski definition) is 3. The highest BCUT2D eigenvalue weighted by Gasteiger charge is 2.45. The highest BCUT2D eigenvalue weighted by molar-refractivity contribution is 14.1. The van der Waals surface area contributed by atoms with Gasteiger partial charge in [0, 0.05) is 73.1 Å². The van der Waals surface area contributed by atoms with Gasteiger partial charge in [0.25, 0.3) is 0 Å². The Morgan fingerprint density at radius 1 is 1.13 bits per heavy atom. The van der Waals surface area contributed by atoms with Crippen LogP contribution in [0.15, 0.2) is 42.5 Å². The van der Waals surface area contributed by atoms with Crippen LogP contribution in [-0.4, -0.2) is 60.0 Å². The number of halogens is 1. The van der Waals surface area contributed by atoms with Crippen molar-refractivity contribution in [2.45, 2.75) is 76.5 Å². The van der Waals surface area contributed by atoms with Crippen LogP contribution in [0.2, 0.25) is 0 Å². The number of unbranched alkanes of at least 4 members (excludes halogenated alkanes) is 1. The first-order chi connectivity index (χ1) is 18.8. The van der Waals surface area contributed by atoms with Crippen LogP contribution in [-0.2, 0) is 15.1 Å². The molecule has 1 saturated heterocycles. The minimum atomic E-state index is -1.17. The summed E-state index contributed by atoms with van der Waals surface area (Å²) in [6.45, 7) is 5.88. The van der Waals surface area contributed by atoms with E-state index in [9.17, 15) is 15.0 Å². The lowest BCUT2D eigenvalue weighted by Gasteiger charge is -2.44. The number of carbonyl (C=O) groups is 1. The summed E-state index contributed by atoms with van der Waals surface area (Å²) in [4.78, 5) is 15.5. The summed E-state index contributed by atoms with van der Waals surface area (Å²) < 4.78 is 14.9. The molecule has 1 amide bonds. The molecule has 0 spiro atoms. The van der Waals surface area contributed by atoms with Crippen LogP contribution in [0, 0.1) is 25.7 Å². The number of benzene rings is 2. The third kappa shape index (κ3) is 6.96. The minimum absolute atomic E-state index is 0.0632. The number of rotatable bonds is 11. The zero-order chi connectivity index (χ0) is 28.0. The number of amides is 1. The molecule has 214 valence electrons. The van der Waals surface area contributed by atoms with Crippen molar-refractivity contribution in [2.75, 3.05) is 26.8 Å². The summed E-state index contributed by atoms with van der Waals surface area (Å²) in [5, 5.41) is 22.9. The summed E-state index contributed by atoms with van der Waals surface area (Å²) in [5.74, 6) is 1.23. The van der Waals surface area contributed by atoms with Gasteiger partial charge in [-0.2, -0.15) is 0 Å². The van der Waals surface area contributed by atoms with Gasteiger partial charge in [0.1, 0.15) is 11.5 Å². The molecule has 8 heteroatoms. The maximum atomic E-state index is 13.6. The number of methoxy groups -OCH3 is 1. The summed E-state index contributed by atoms with van der Waals surface area (Å²) >= 11 is 2.06. The molecule has 1 saturated carbocycles. The summed E-state index contributed by atoms with van der Waals surface area (Å²) in [5.41, 5.74) is 1.69. The van der Waals surface area contributed by atoms with Crippen molar-refractivity contribution in [1.82, 2.24) is 8.43 Å². The fourth-order valence-electron chi connectivity index (χ4n) is 6.34. The Morgan fingerprint density at radius 3 is 2.56 bits per heavy atom. The van der Waals surface area contributed by atoms with Crippen molar-refractivity contribution in [3.8, 4) is 11.5 Å². The lowest BCUT2D eigenvalue weighted by atomic mass is 9.73. The Labute approximate surface area is 246 Å². The molecule has 2 fully saturated rings. The Bertz CT molecular complexity index is 1090. The van der Waals surface area contributed by atoms with E-state index < -0.39 is 11.7 Å². The standard InChI is InChI=1S/C31H43IN2O5/c1-21-10-8-11-22(2)29(21)39-28-14-5-4-13-25(28)31(37,15-6-7-17-38-3)24-12-9-16-34(20-24)30(36)23-18-26(33-32)27(35)19-23/h4-5,8,10-11,13-14,23-24,26-27,33,35,37H,6-7,9,12,15-20H2,1-3H3/t23-,24+,26?,27-,31-/m0/s1. The Morgan fingerprint density at radius 2 is 1.87 bits per heavy atom. The molecule has 2 aromatic carbocycles. The number of hydrogen-bond acceptors (Lipinski definition) is 6. The van der Waals surface area contributed by atoms with Crippen LogP contribution in [0.1, 0.15) is 61.6 Å². The molecule has 5 atom stereocenters. The molecule has 2 aliphatic rings. The smallest absolute Gasteiger partial charge is 0.225 e. The second kappa shape index (κ2) is 13.8. The van der Waals surface area contributed by atoms with Crippen LogP contribution in [0.3, 0.4) is 0 Å². The molecule has 1 aliphatic carbocycles. The van der Waals surface area contributed by atoms with Gasteiger partial charge >= 0.3 is 0 Å². The van der Waals surface area contributed by atoms with E-state index in [1.807, 2.05) is 61.2 Å². The number of ether oxygens (including phenoxy) is 2. The van der Waals surface area contributed by atoms with Gasteiger partial charge in [-0.25, -0.2) is 0 Å². The number of carbonyl (C=O) groups excluding carboxylic acids is 1. The lowest BCUT2D eigenvalue weighted by Crippen LogP contribution is -2.49. The monoisotopic (exact) mass is 650 g/mol. The number of nitrogens with one attached hydrogen (secondary N) is 1. The normalized spacial score (nSPS) is 24.9. The minimum Gasteiger partial charge on any atom is -0.456 e. The van der Waals surface area contributed by atoms with Gasteiger partial charge in [-0.15, -0.1) is 0 Å². The molecule has 2 aromatic rings. The third-order valence-corrected chi connectivity index (χ3v) is 9.36. The number of aryl methyl sites for hydroxylation is 2. The Balaban J connectivity index is 1.62. The van der Waals surface area contributed by atoms with Crippen molar-refractivity contribution < 1.29 is 24.5 Å². The van der Waals surface area contributed by atoms with Gasteiger partial charge in [-0.05, 0) is 76.0 Å². The molecule has 0 bridgehead atoms. The predicted octanol–water partition coefficient (Wildman–Crippen LogP) is 5.42. The molecule has 3 N–H and O–H groups in total. The quantitative estimate of drug-likeness (QED) is 0.171. The molecular weight excluding hydrogens is 607 g/mol. The van der Waals surface area contributed by atoms with E-state index in [-0.39, 0.29) is 23.8 Å². The van der Waals surface area contributed by atoms with Crippen LogP contribution < -0.4 is 8.27 Å². The van der Waals surface area contributed by atoms with Gasteiger partial charge in [-0.1, -0.05) is 36.4 Å². The highest BCUT2D eigenvalue weighted by Crippen LogP contribution is 2.45. The maximum absolute atomic E-state index is 13.6. The Kier molecular flexibility index (Phi) is 10.7. The van der Waals surface area contributed by atoms with Gasteiger partial charge < -0.3 is 24.6 Å². The number of piperidine rings is 1. The fourth-order valence-corrected chi connectivity index (χ4v) is 7.01. The van der Waals surface area contributed by atoms with Crippen molar-refractivity contribution in [2.24, 2.45) is 11.8 Å². The zero-order valence-corrected chi connectivity index (χ0v) is 25.5. The lowest BCUT2D eigenvalue weighted by molar-refractivity contribution is -0.141. The molecular formula is C31H43IN2O5. The second-order valence-electron chi connectivity index (χ2n) is 11.3. The number of nitrogens with zero attached hydrogens (tertiary/aromatic N) is 1. The van der Waals surface area contributed by atoms with Crippen molar-refractivity contribution in [1.29, 1.82) is 0 Å². The number of aliphatic hydroxyl groups is 2. The van der Waals surface area contributed by atoms with E-state index in [4.69, 9.17) is 9.47 Å². The maximum Gasteiger partial charge on any atom is 0.225 e. The first-order valence-corrected chi connectivity index (χ1v) is 15.2. The number of likely N-dealkylation sites (tertiary alicyclic amines) is 1. The van der Waals surface area contributed by atoms with Crippen molar-refractivity contribution in [3.63, 3.8) is 0 Å². The van der Waals surface area contributed by atoms with E-state index in [2.05, 4.69) is 26.4 Å². The average Bonchev–Trinajstić information content (AvgIpc) is 3.33.